The fourth-order valence-corrected chi connectivity index (χ4v) is 3.87. The number of aromatic amines is 1. The molecular weight excluding hydrogens is 348 g/mol. The van der Waals surface area contributed by atoms with Crippen LogP contribution in [0.4, 0.5) is 0 Å². The normalized spacial score (nSPS) is 21.9. The number of hydrogen-bond acceptors (Lipinski definition) is 2. The van der Waals surface area contributed by atoms with Crippen molar-refractivity contribution in [1.29, 1.82) is 0 Å². The Labute approximate surface area is 157 Å². The first-order valence-corrected chi connectivity index (χ1v) is 9.64. The monoisotopic (exact) mass is 368 g/mol. The van der Waals surface area contributed by atoms with Gasteiger partial charge in [0, 0.05) is 27.9 Å². The quantitative estimate of drug-likeness (QED) is 0.660. The van der Waals surface area contributed by atoms with Gasteiger partial charge in [-0.3, -0.25) is 4.79 Å². The molecular formula is C21H21ClN2O2. The Balaban J connectivity index is 1.39. The number of furan rings is 1. The molecule has 2 fully saturated rings. The summed E-state index contributed by atoms with van der Waals surface area (Å²) in [5.74, 6) is 3.24. The van der Waals surface area contributed by atoms with Crippen molar-refractivity contribution >= 4 is 28.4 Å². The van der Waals surface area contributed by atoms with Gasteiger partial charge < -0.3 is 14.3 Å². The highest BCUT2D eigenvalue weighted by molar-refractivity contribution is 6.31. The van der Waals surface area contributed by atoms with Crippen LogP contribution < -0.4 is 0 Å². The van der Waals surface area contributed by atoms with E-state index in [9.17, 15) is 4.79 Å². The van der Waals surface area contributed by atoms with Crippen LogP contribution in [-0.2, 0) is 6.54 Å². The maximum absolute atomic E-state index is 13.1. The van der Waals surface area contributed by atoms with Crippen molar-refractivity contribution in [3.05, 3.63) is 58.6 Å². The molecule has 0 bridgehead atoms. The van der Waals surface area contributed by atoms with E-state index in [1.165, 1.54) is 6.42 Å². The third kappa shape index (κ3) is 2.92. The van der Waals surface area contributed by atoms with Crippen LogP contribution in [0.5, 0.6) is 0 Å². The highest BCUT2D eigenvalue weighted by atomic mass is 35.5. The molecule has 2 heterocycles. The predicted octanol–water partition coefficient (Wildman–Crippen LogP) is 5.34. The molecule has 0 radical (unpaired) electrons. The van der Waals surface area contributed by atoms with Crippen LogP contribution in [0.25, 0.3) is 10.9 Å². The molecule has 3 aromatic rings. The van der Waals surface area contributed by atoms with E-state index in [4.69, 9.17) is 16.0 Å². The summed E-state index contributed by atoms with van der Waals surface area (Å²) in [6.45, 7) is 2.77. The van der Waals surface area contributed by atoms with Crippen LogP contribution in [-0.4, -0.2) is 21.8 Å². The summed E-state index contributed by atoms with van der Waals surface area (Å²) >= 11 is 6.06. The van der Waals surface area contributed by atoms with E-state index in [-0.39, 0.29) is 5.91 Å². The van der Waals surface area contributed by atoms with Gasteiger partial charge in [0.2, 0.25) is 0 Å². The van der Waals surface area contributed by atoms with Gasteiger partial charge in [0.15, 0.2) is 0 Å². The fraction of sp³-hybridized carbons (Fsp3) is 0.381. The van der Waals surface area contributed by atoms with Gasteiger partial charge in [-0.25, -0.2) is 0 Å². The van der Waals surface area contributed by atoms with E-state index in [2.05, 4.69) is 18.0 Å². The zero-order chi connectivity index (χ0) is 17.8. The van der Waals surface area contributed by atoms with Crippen LogP contribution >= 0.6 is 11.6 Å². The Bertz CT molecular complexity index is 985. The molecule has 0 aliphatic heterocycles. The molecule has 0 saturated heterocycles. The minimum Gasteiger partial charge on any atom is -0.464 e. The van der Waals surface area contributed by atoms with Crippen molar-refractivity contribution in [3.63, 3.8) is 0 Å². The summed E-state index contributed by atoms with van der Waals surface area (Å²) in [6.07, 6.45) is 3.33. The second-order valence-electron chi connectivity index (χ2n) is 7.70. The van der Waals surface area contributed by atoms with Crippen molar-refractivity contribution in [2.45, 2.75) is 44.7 Å². The third-order valence-corrected chi connectivity index (χ3v) is 5.78. The Hall–Kier alpha value is -2.20. The van der Waals surface area contributed by atoms with Gasteiger partial charge in [0.25, 0.3) is 5.91 Å². The number of hydrogen-bond donors (Lipinski definition) is 1. The summed E-state index contributed by atoms with van der Waals surface area (Å²) in [7, 11) is 0. The van der Waals surface area contributed by atoms with Crippen molar-refractivity contribution in [1.82, 2.24) is 9.88 Å². The minimum atomic E-state index is 0.0255. The number of H-pyrrole nitrogens is 1. The van der Waals surface area contributed by atoms with Crippen LogP contribution in [0.3, 0.4) is 0 Å². The van der Waals surface area contributed by atoms with E-state index in [1.54, 1.807) is 0 Å². The molecule has 2 saturated carbocycles. The summed E-state index contributed by atoms with van der Waals surface area (Å²) in [4.78, 5) is 18.3. The lowest BCUT2D eigenvalue weighted by molar-refractivity contribution is 0.0711. The zero-order valence-electron chi connectivity index (χ0n) is 14.7. The van der Waals surface area contributed by atoms with Crippen LogP contribution in [0.2, 0.25) is 5.02 Å². The summed E-state index contributed by atoms with van der Waals surface area (Å²) in [6, 6.07) is 11.9. The molecule has 1 amide bonds. The lowest BCUT2D eigenvalue weighted by atomic mass is 10.2. The molecule has 26 heavy (non-hydrogen) atoms. The molecule has 2 aromatic heterocycles. The second-order valence-corrected chi connectivity index (χ2v) is 8.14. The number of benzene rings is 1. The highest BCUT2D eigenvalue weighted by Crippen LogP contribution is 2.47. The second kappa shape index (κ2) is 5.92. The van der Waals surface area contributed by atoms with Crippen molar-refractivity contribution < 1.29 is 9.21 Å². The van der Waals surface area contributed by atoms with E-state index in [0.29, 0.717) is 35.1 Å². The standard InChI is InChI=1S/C21H21ClN2O2/c1-12-8-17(12)20-7-5-16(26-20)11-24(15-3-4-15)21(25)19-10-13-9-14(22)2-6-18(13)23-19/h2,5-7,9-10,12,15,17,23H,3-4,8,11H2,1H3. The summed E-state index contributed by atoms with van der Waals surface area (Å²) < 4.78 is 6.03. The minimum absolute atomic E-state index is 0.0255. The first-order chi connectivity index (χ1) is 12.6. The van der Waals surface area contributed by atoms with Crippen LogP contribution in [0.15, 0.2) is 40.8 Å². The third-order valence-electron chi connectivity index (χ3n) is 5.55. The van der Waals surface area contributed by atoms with Crippen LogP contribution in [0.1, 0.15) is 54.1 Å². The van der Waals surface area contributed by atoms with Gasteiger partial charge in [-0.15, -0.1) is 0 Å². The molecule has 0 spiro atoms. The van der Waals surface area contributed by atoms with E-state index < -0.39 is 0 Å². The van der Waals surface area contributed by atoms with Gasteiger partial charge in [0.05, 0.1) is 6.54 Å². The lowest BCUT2D eigenvalue weighted by Crippen LogP contribution is -2.32. The number of amides is 1. The van der Waals surface area contributed by atoms with E-state index >= 15 is 0 Å². The van der Waals surface area contributed by atoms with Crippen molar-refractivity contribution in [2.24, 2.45) is 5.92 Å². The maximum Gasteiger partial charge on any atom is 0.270 e. The summed E-state index contributed by atoms with van der Waals surface area (Å²) in [5.41, 5.74) is 1.54. The predicted molar refractivity (Wildman–Crippen MR) is 101 cm³/mol. The number of rotatable bonds is 5. The molecule has 134 valence electrons. The molecule has 5 rings (SSSR count). The van der Waals surface area contributed by atoms with Gasteiger partial charge >= 0.3 is 0 Å². The Morgan fingerprint density at radius 3 is 2.81 bits per heavy atom. The Kier molecular flexibility index (Phi) is 3.64. The maximum atomic E-state index is 13.1. The van der Waals surface area contributed by atoms with E-state index in [1.807, 2.05) is 35.2 Å². The average Bonchev–Trinajstić information content (AvgIpc) is 3.50. The molecule has 2 aliphatic carbocycles. The van der Waals surface area contributed by atoms with Crippen molar-refractivity contribution in [3.8, 4) is 0 Å². The number of nitrogens with zero attached hydrogens (tertiary/aromatic N) is 1. The average molecular weight is 369 g/mol. The largest absolute Gasteiger partial charge is 0.464 e. The van der Waals surface area contributed by atoms with Gasteiger partial charge in [-0.05, 0) is 61.6 Å². The Morgan fingerprint density at radius 2 is 2.08 bits per heavy atom. The summed E-state index contributed by atoms with van der Waals surface area (Å²) in [5, 5.41) is 1.63. The smallest absolute Gasteiger partial charge is 0.270 e. The molecule has 2 atom stereocenters. The number of fused-ring (bicyclic) bond motifs is 1. The zero-order valence-corrected chi connectivity index (χ0v) is 15.4. The molecule has 1 N–H and O–H groups in total. The fourth-order valence-electron chi connectivity index (χ4n) is 3.69. The lowest BCUT2D eigenvalue weighted by Gasteiger charge is -2.20. The number of halogens is 1. The van der Waals surface area contributed by atoms with E-state index in [0.717, 1.165) is 35.3 Å². The first-order valence-electron chi connectivity index (χ1n) is 9.26. The molecule has 4 nitrogen and oxygen atoms in total. The molecule has 2 unspecified atom stereocenters. The molecule has 5 heteroatoms. The topological polar surface area (TPSA) is 49.2 Å². The van der Waals surface area contributed by atoms with Gasteiger partial charge in [0.1, 0.15) is 17.2 Å². The number of aromatic nitrogens is 1. The van der Waals surface area contributed by atoms with Crippen LogP contribution in [0, 0.1) is 5.92 Å². The molecule has 2 aliphatic rings. The first kappa shape index (κ1) is 16.0. The SMILES string of the molecule is CC1CC1c1ccc(CN(C(=O)c2cc3cc(Cl)ccc3[nH]2)C2CC2)o1. The molecule has 1 aromatic carbocycles. The van der Waals surface area contributed by atoms with Crippen molar-refractivity contribution in [2.75, 3.05) is 0 Å². The number of carbonyl (C=O) groups excluding carboxylic acids is 1. The Morgan fingerprint density at radius 1 is 1.27 bits per heavy atom. The number of nitrogens with one attached hydrogen (secondary N) is 1. The van der Waals surface area contributed by atoms with Gasteiger partial charge in [-0.2, -0.15) is 0 Å². The van der Waals surface area contributed by atoms with Gasteiger partial charge in [-0.1, -0.05) is 18.5 Å². The number of carbonyl (C=O) groups is 1. The highest BCUT2D eigenvalue weighted by Gasteiger charge is 2.38.